The molecule has 20 heavy (non-hydrogen) atoms. The Bertz CT molecular complexity index is 652. The molecule has 0 saturated heterocycles. The highest BCUT2D eigenvalue weighted by molar-refractivity contribution is 9.10. The monoisotopic (exact) mass is 347 g/mol. The lowest BCUT2D eigenvalue weighted by Gasteiger charge is -2.11. The number of amides is 1. The highest BCUT2D eigenvalue weighted by Gasteiger charge is 2.31. The molecule has 1 aromatic carbocycles. The average molecular weight is 348 g/mol. The summed E-state index contributed by atoms with van der Waals surface area (Å²) >= 11 is 3.10. The van der Waals surface area contributed by atoms with E-state index >= 15 is 0 Å². The van der Waals surface area contributed by atoms with Crippen molar-refractivity contribution in [3.05, 3.63) is 46.2 Å². The van der Waals surface area contributed by atoms with Crippen molar-refractivity contribution in [1.82, 2.24) is 9.78 Å². The first-order valence-corrected chi connectivity index (χ1v) is 6.24. The van der Waals surface area contributed by atoms with Gasteiger partial charge in [-0.05, 0) is 40.2 Å². The standard InChI is InChI=1S/C12H9BrF3N3O/c1-19-5-4-9(18-19)11(20)17-10-6-7(12(14,15)16)2-3-8(10)13/h2-6H,1H3,(H,17,20). The lowest BCUT2D eigenvalue weighted by atomic mass is 10.2. The van der Waals surface area contributed by atoms with Gasteiger partial charge in [0.05, 0.1) is 11.3 Å². The van der Waals surface area contributed by atoms with Crippen LogP contribution in [0.5, 0.6) is 0 Å². The molecule has 0 atom stereocenters. The predicted octanol–water partition coefficient (Wildman–Crippen LogP) is 3.45. The molecule has 1 amide bonds. The first-order chi connectivity index (χ1) is 9.27. The van der Waals surface area contributed by atoms with Crippen molar-refractivity contribution in [2.45, 2.75) is 6.18 Å². The molecule has 8 heteroatoms. The van der Waals surface area contributed by atoms with E-state index in [1.54, 1.807) is 13.2 Å². The molecular weight excluding hydrogens is 339 g/mol. The van der Waals surface area contributed by atoms with Crippen LogP contribution < -0.4 is 5.32 Å². The molecule has 0 unspecified atom stereocenters. The van der Waals surface area contributed by atoms with Gasteiger partial charge in [-0.2, -0.15) is 18.3 Å². The summed E-state index contributed by atoms with van der Waals surface area (Å²) in [6.45, 7) is 0. The van der Waals surface area contributed by atoms with E-state index in [1.807, 2.05) is 0 Å². The Morgan fingerprint density at radius 2 is 2.05 bits per heavy atom. The molecule has 4 nitrogen and oxygen atoms in total. The number of rotatable bonds is 2. The van der Waals surface area contributed by atoms with Gasteiger partial charge in [0.25, 0.3) is 5.91 Å². The number of aryl methyl sites for hydroxylation is 1. The maximum atomic E-state index is 12.6. The van der Waals surface area contributed by atoms with Crippen molar-refractivity contribution < 1.29 is 18.0 Å². The lowest BCUT2D eigenvalue weighted by Crippen LogP contribution is -2.14. The molecule has 0 radical (unpaired) electrons. The minimum absolute atomic E-state index is 0.0375. The third-order valence-electron chi connectivity index (χ3n) is 2.49. The molecule has 1 aromatic heterocycles. The zero-order chi connectivity index (χ0) is 14.9. The number of aromatic nitrogens is 2. The maximum Gasteiger partial charge on any atom is 0.416 e. The van der Waals surface area contributed by atoms with Crippen molar-refractivity contribution >= 4 is 27.5 Å². The number of hydrogen-bond donors (Lipinski definition) is 1. The minimum atomic E-state index is -4.47. The quantitative estimate of drug-likeness (QED) is 0.904. The van der Waals surface area contributed by atoms with E-state index in [1.165, 1.54) is 16.8 Å². The van der Waals surface area contributed by atoms with Gasteiger partial charge in [0.2, 0.25) is 0 Å². The van der Waals surface area contributed by atoms with Crippen LogP contribution in [0.25, 0.3) is 0 Å². The van der Waals surface area contributed by atoms with Crippen molar-refractivity contribution in [2.75, 3.05) is 5.32 Å². The van der Waals surface area contributed by atoms with E-state index in [2.05, 4.69) is 26.3 Å². The second-order valence-electron chi connectivity index (χ2n) is 4.02. The van der Waals surface area contributed by atoms with Crippen LogP contribution in [-0.4, -0.2) is 15.7 Å². The van der Waals surface area contributed by atoms with Crippen LogP contribution in [0.1, 0.15) is 16.1 Å². The fourth-order valence-electron chi connectivity index (χ4n) is 1.52. The molecule has 0 bridgehead atoms. The average Bonchev–Trinajstić information content (AvgIpc) is 2.77. The van der Waals surface area contributed by atoms with Gasteiger partial charge < -0.3 is 5.32 Å². The topological polar surface area (TPSA) is 46.9 Å². The summed E-state index contributed by atoms with van der Waals surface area (Å²) in [5, 5.41) is 6.27. The Labute approximate surface area is 120 Å². The molecule has 0 saturated carbocycles. The van der Waals surface area contributed by atoms with E-state index in [0.717, 1.165) is 12.1 Å². The summed E-state index contributed by atoms with van der Waals surface area (Å²) in [7, 11) is 1.64. The summed E-state index contributed by atoms with van der Waals surface area (Å²) in [6.07, 6.45) is -2.90. The number of nitrogens with zero attached hydrogens (tertiary/aromatic N) is 2. The number of benzene rings is 1. The number of halogens is 4. The highest BCUT2D eigenvalue weighted by atomic mass is 79.9. The second-order valence-corrected chi connectivity index (χ2v) is 4.88. The van der Waals surface area contributed by atoms with Gasteiger partial charge in [-0.3, -0.25) is 9.48 Å². The largest absolute Gasteiger partial charge is 0.416 e. The Morgan fingerprint density at radius 1 is 1.35 bits per heavy atom. The maximum absolute atomic E-state index is 12.6. The Balaban J connectivity index is 2.27. The van der Waals surface area contributed by atoms with Crippen LogP contribution in [0, 0.1) is 0 Å². The Kier molecular flexibility index (Phi) is 3.85. The molecule has 0 aliphatic carbocycles. The molecule has 0 spiro atoms. The molecule has 2 rings (SSSR count). The summed E-state index contributed by atoms with van der Waals surface area (Å²) in [5.74, 6) is -0.578. The Hall–Kier alpha value is -1.83. The lowest BCUT2D eigenvalue weighted by molar-refractivity contribution is -0.137. The van der Waals surface area contributed by atoms with Gasteiger partial charge in [0.15, 0.2) is 5.69 Å². The van der Waals surface area contributed by atoms with E-state index in [-0.39, 0.29) is 11.4 Å². The van der Waals surface area contributed by atoms with Crippen LogP contribution in [-0.2, 0) is 13.2 Å². The fourth-order valence-corrected chi connectivity index (χ4v) is 1.87. The summed E-state index contributed by atoms with van der Waals surface area (Å²) < 4.78 is 39.6. The number of alkyl halides is 3. The molecule has 0 aliphatic rings. The molecule has 1 N–H and O–H groups in total. The predicted molar refractivity (Wildman–Crippen MR) is 70.3 cm³/mol. The smallest absolute Gasteiger partial charge is 0.320 e. The van der Waals surface area contributed by atoms with E-state index < -0.39 is 17.6 Å². The van der Waals surface area contributed by atoms with Gasteiger partial charge in [-0.1, -0.05) is 0 Å². The number of carbonyl (C=O) groups excluding carboxylic acids is 1. The van der Waals surface area contributed by atoms with E-state index in [9.17, 15) is 18.0 Å². The van der Waals surface area contributed by atoms with Crippen molar-refractivity contribution in [2.24, 2.45) is 7.05 Å². The van der Waals surface area contributed by atoms with Crippen molar-refractivity contribution in [3.8, 4) is 0 Å². The Morgan fingerprint density at radius 3 is 2.60 bits per heavy atom. The second kappa shape index (κ2) is 5.28. The first-order valence-electron chi connectivity index (χ1n) is 5.45. The molecule has 1 heterocycles. The summed E-state index contributed by atoms with van der Waals surface area (Å²) in [5.41, 5.74) is -0.677. The van der Waals surface area contributed by atoms with Crippen molar-refractivity contribution in [3.63, 3.8) is 0 Å². The normalized spacial score (nSPS) is 11.4. The third kappa shape index (κ3) is 3.19. The van der Waals surface area contributed by atoms with Gasteiger partial charge in [-0.25, -0.2) is 0 Å². The van der Waals surface area contributed by atoms with E-state index in [0.29, 0.717) is 4.47 Å². The molecular formula is C12H9BrF3N3O. The van der Waals surface area contributed by atoms with Gasteiger partial charge in [0.1, 0.15) is 0 Å². The zero-order valence-electron chi connectivity index (χ0n) is 10.2. The van der Waals surface area contributed by atoms with Crippen LogP contribution in [0.2, 0.25) is 0 Å². The van der Waals surface area contributed by atoms with Crippen LogP contribution in [0.4, 0.5) is 18.9 Å². The summed E-state index contributed by atoms with van der Waals surface area (Å²) in [4.78, 5) is 11.9. The zero-order valence-corrected chi connectivity index (χ0v) is 11.8. The van der Waals surface area contributed by atoms with Crippen LogP contribution >= 0.6 is 15.9 Å². The van der Waals surface area contributed by atoms with E-state index in [4.69, 9.17) is 0 Å². The summed E-state index contributed by atoms with van der Waals surface area (Å²) in [6, 6.07) is 4.50. The molecule has 2 aromatic rings. The SMILES string of the molecule is Cn1ccc(C(=O)Nc2cc(C(F)(F)F)ccc2Br)n1. The molecule has 0 fully saturated rings. The number of nitrogens with one attached hydrogen (secondary N) is 1. The third-order valence-corrected chi connectivity index (χ3v) is 3.18. The molecule has 106 valence electrons. The van der Waals surface area contributed by atoms with Crippen molar-refractivity contribution in [1.29, 1.82) is 0 Å². The van der Waals surface area contributed by atoms with Crippen LogP contribution in [0.15, 0.2) is 34.9 Å². The minimum Gasteiger partial charge on any atom is -0.320 e. The first kappa shape index (κ1) is 14.6. The number of carbonyl (C=O) groups is 1. The van der Waals surface area contributed by atoms with Crippen LogP contribution in [0.3, 0.4) is 0 Å². The number of anilines is 1. The van der Waals surface area contributed by atoms with Gasteiger partial charge in [-0.15, -0.1) is 0 Å². The molecule has 0 aliphatic heterocycles. The number of hydrogen-bond acceptors (Lipinski definition) is 2. The highest BCUT2D eigenvalue weighted by Crippen LogP contribution is 2.34. The van der Waals surface area contributed by atoms with Gasteiger partial charge >= 0.3 is 6.18 Å². The fraction of sp³-hybridized carbons (Fsp3) is 0.167. The van der Waals surface area contributed by atoms with Gasteiger partial charge in [0, 0.05) is 17.7 Å².